The monoisotopic (exact) mass is 122 g/mol. The molecule has 0 bridgehead atoms. The van der Waals surface area contributed by atoms with Gasteiger partial charge in [-0.1, -0.05) is 5.92 Å². The van der Waals surface area contributed by atoms with E-state index in [1.165, 1.54) is 0 Å². The van der Waals surface area contributed by atoms with Crippen molar-refractivity contribution in [3.63, 3.8) is 0 Å². The molecule has 2 aliphatic rings. The van der Waals surface area contributed by atoms with Crippen LogP contribution in [-0.2, 0) is 4.74 Å². The lowest BCUT2D eigenvalue weighted by Gasteiger charge is -1.93. The van der Waals surface area contributed by atoms with Gasteiger partial charge in [-0.05, 0) is 6.92 Å². The zero-order valence-electron chi connectivity index (χ0n) is 5.55. The zero-order chi connectivity index (χ0) is 6.27. The fourth-order valence-corrected chi connectivity index (χ4v) is 1.62. The molecule has 1 saturated carbocycles. The second-order valence-corrected chi connectivity index (χ2v) is 2.79. The lowest BCUT2D eigenvalue weighted by atomic mass is 10.3. The summed E-state index contributed by atoms with van der Waals surface area (Å²) in [4.78, 5) is 0. The van der Waals surface area contributed by atoms with E-state index in [-0.39, 0.29) is 0 Å². The number of ether oxygens (including phenoxy) is 1. The lowest BCUT2D eigenvalue weighted by molar-refractivity contribution is 0.158. The molecule has 1 aliphatic carbocycles. The van der Waals surface area contributed by atoms with Crippen LogP contribution in [0.5, 0.6) is 0 Å². The van der Waals surface area contributed by atoms with Gasteiger partial charge in [-0.3, -0.25) is 0 Å². The molecule has 9 heavy (non-hydrogen) atoms. The minimum Gasteiger partial charge on any atom is -0.381 e. The molecule has 0 radical (unpaired) electrons. The fourth-order valence-electron chi connectivity index (χ4n) is 1.62. The highest BCUT2D eigenvalue weighted by atomic mass is 16.5. The number of fused-ring (bicyclic) bond motifs is 1. The average Bonchev–Trinajstić information content (AvgIpc) is 2.39. The molecule has 1 saturated heterocycles. The van der Waals surface area contributed by atoms with Crippen LogP contribution in [0.15, 0.2) is 0 Å². The van der Waals surface area contributed by atoms with Crippen LogP contribution in [0.4, 0.5) is 0 Å². The summed E-state index contributed by atoms with van der Waals surface area (Å²) in [6.07, 6.45) is 0. The van der Waals surface area contributed by atoms with E-state index in [2.05, 4.69) is 11.8 Å². The molecule has 0 aromatic heterocycles. The Bertz CT molecular complexity index is 165. The van der Waals surface area contributed by atoms with Gasteiger partial charge in [0.15, 0.2) is 0 Å². The van der Waals surface area contributed by atoms with Crippen LogP contribution >= 0.6 is 0 Å². The third kappa shape index (κ3) is 0.668. The normalized spacial score (nSPS) is 45.2. The third-order valence-electron chi connectivity index (χ3n) is 2.26. The Morgan fingerprint density at radius 2 is 2.00 bits per heavy atom. The Hall–Kier alpha value is -0.480. The first kappa shape index (κ1) is 5.32. The predicted octanol–water partition coefficient (Wildman–Crippen LogP) is 0.902. The van der Waals surface area contributed by atoms with E-state index < -0.39 is 0 Å². The second-order valence-electron chi connectivity index (χ2n) is 2.79. The summed E-state index contributed by atoms with van der Waals surface area (Å²) in [6.45, 7) is 3.84. The number of rotatable bonds is 0. The van der Waals surface area contributed by atoms with E-state index in [9.17, 15) is 0 Å². The van der Waals surface area contributed by atoms with Crippen LogP contribution in [0.25, 0.3) is 0 Å². The van der Waals surface area contributed by atoms with E-state index in [0.29, 0.717) is 5.92 Å². The van der Waals surface area contributed by atoms with Gasteiger partial charge in [0.1, 0.15) is 0 Å². The molecule has 3 atom stereocenters. The van der Waals surface area contributed by atoms with Gasteiger partial charge in [-0.2, -0.15) is 0 Å². The highest BCUT2D eigenvalue weighted by Gasteiger charge is 2.53. The Balaban J connectivity index is 1.99. The molecule has 1 unspecified atom stereocenters. The first-order chi connectivity index (χ1) is 4.43. The van der Waals surface area contributed by atoms with Gasteiger partial charge in [-0.15, -0.1) is 5.92 Å². The van der Waals surface area contributed by atoms with Gasteiger partial charge in [-0.25, -0.2) is 0 Å². The van der Waals surface area contributed by atoms with Gasteiger partial charge in [0.2, 0.25) is 0 Å². The number of hydrogen-bond donors (Lipinski definition) is 0. The summed E-state index contributed by atoms with van der Waals surface area (Å²) in [6, 6.07) is 0. The molecule has 0 aromatic carbocycles. The van der Waals surface area contributed by atoms with Crippen molar-refractivity contribution >= 4 is 0 Å². The van der Waals surface area contributed by atoms with Crippen molar-refractivity contribution < 1.29 is 4.74 Å². The molecule has 1 nitrogen and oxygen atoms in total. The first-order valence-electron chi connectivity index (χ1n) is 3.43. The highest BCUT2D eigenvalue weighted by Crippen LogP contribution is 2.50. The van der Waals surface area contributed by atoms with E-state index in [4.69, 9.17) is 4.74 Å². The maximum absolute atomic E-state index is 5.22. The van der Waals surface area contributed by atoms with Crippen molar-refractivity contribution in [2.45, 2.75) is 6.92 Å². The van der Waals surface area contributed by atoms with Crippen molar-refractivity contribution in [2.24, 2.45) is 17.8 Å². The molecule has 1 aliphatic heterocycles. The topological polar surface area (TPSA) is 9.23 Å². The molecule has 2 fully saturated rings. The van der Waals surface area contributed by atoms with Crippen molar-refractivity contribution in [2.75, 3.05) is 13.2 Å². The van der Waals surface area contributed by atoms with E-state index >= 15 is 0 Å². The van der Waals surface area contributed by atoms with Crippen molar-refractivity contribution in [3.8, 4) is 11.8 Å². The van der Waals surface area contributed by atoms with Gasteiger partial charge < -0.3 is 4.74 Å². The second kappa shape index (κ2) is 1.75. The Morgan fingerprint density at radius 1 is 1.33 bits per heavy atom. The molecule has 0 spiro atoms. The summed E-state index contributed by atoms with van der Waals surface area (Å²) in [5.74, 6) is 8.45. The third-order valence-corrected chi connectivity index (χ3v) is 2.26. The summed E-state index contributed by atoms with van der Waals surface area (Å²) in [5.41, 5.74) is 0. The molecule has 48 valence electrons. The summed E-state index contributed by atoms with van der Waals surface area (Å²) >= 11 is 0. The summed E-state index contributed by atoms with van der Waals surface area (Å²) in [5, 5.41) is 0. The summed E-state index contributed by atoms with van der Waals surface area (Å²) in [7, 11) is 0. The largest absolute Gasteiger partial charge is 0.381 e. The van der Waals surface area contributed by atoms with Crippen LogP contribution < -0.4 is 0 Å². The maximum atomic E-state index is 5.22. The Kier molecular flexibility index (Phi) is 1.03. The van der Waals surface area contributed by atoms with Gasteiger partial charge >= 0.3 is 0 Å². The SMILES string of the molecule is CC#CC1[C@H]2COC[C@@H]12. The van der Waals surface area contributed by atoms with E-state index in [1.807, 2.05) is 6.92 Å². The van der Waals surface area contributed by atoms with Gasteiger partial charge in [0, 0.05) is 17.8 Å². The first-order valence-corrected chi connectivity index (χ1v) is 3.43. The molecular formula is C8H10O. The predicted molar refractivity (Wildman–Crippen MR) is 34.7 cm³/mol. The van der Waals surface area contributed by atoms with Crippen molar-refractivity contribution in [1.29, 1.82) is 0 Å². The minimum atomic E-state index is 0.698. The molecule has 0 N–H and O–H groups in total. The van der Waals surface area contributed by atoms with E-state index in [1.54, 1.807) is 0 Å². The average molecular weight is 122 g/mol. The molecule has 2 rings (SSSR count). The quantitative estimate of drug-likeness (QED) is 0.434. The fraction of sp³-hybridized carbons (Fsp3) is 0.750. The lowest BCUT2D eigenvalue weighted by Crippen LogP contribution is -1.94. The molecule has 0 aromatic rings. The summed E-state index contributed by atoms with van der Waals surface area (Å²) < 4.78 is 5.22. The molecular weight excluding hydrogens is 112 g/mol. The molecule has 0 amide bonds. The Morgan fingerprint density at radius 3 is 2.56 bits per heavy atom. The molecule has 1 heteroatoms. The molecule has 1 heterocycles. The van der Waals surface area contributed by atoms with Crippen LogP contribution in [0.2, 0.25) is 0 Å². The van der Waals surface area contributed by atoms with Crippen LogP contribution in [0.1, 0.15) is 6.92 Å². The van der Waals surface area contributed by atoms with Crippen molar-refractivity contribution in [1.82, 2.24) is 0 Å². The van der Waals surface area contributed by atoms with Crippen LogP contribution in [0.3, 0.4) is 0 Å². The smallest absolute Gasteiger partial charge is 0.0510 e. The van der Waals surface area contributed by atoms with Crippen LogP contribution in [0, 0.1) is 29.6 Å². The van der Waals surface area contributed by atoms with Crippen molar-refractivity contribution in [3.05, 3.63) is 0 Å². The highest BCUT2D eigenvalue weighted by molar-refractivity contribution is 5.17. The van der Waals surface area contributed by atoms with Gasteiger partial charge in [0.25, 0.3) is 0 Å². The maximum Gasteiger partial charge on any atom is 0.0510 e. The standard InChI is InChI=1S/C8H10O/c1-2-3-6-7-4-9-5-8(6)7/h6-8H,4-5H2,1H3/t6?,7-,8+. The Labute approximate surface area is 55.4 Å². The van der Waals surface area contributed by atoms with E-state index in [0.717, 1.165) is 25.0 Å². The van der Waals surface area contributed by atoms with Gasteiger partial charge in [0.05, 0.1) is 13.2 Å². The number of hydrogen-bond acceptors (Lipinski definition) is 1. The minimum absolute atomic E-state index is 0.698. The zero-order valence-corrected chi connectivity index (χ0v) is 5.55. The van der Waals surface area contributed by atoms with Crippen LogP contribution in [-0.4, -0.2) is 13.2 Å².